The highest BCUT2D eigenvalue weighted by Gasteiger charge is 2.37. The molecule has 0 fully saturated rings. The highest BCUT2D eigenvalue weighted by atomic mass is 32.2. The molecule has 1 aliphatic heterocycles. The Hall–Kier alpha value is -2.80. The fourth-order valence-electron chi connectivity index (χ4n) is 3.41. The van der Waals surface area contributed by atoms with Crippen molar-refractivity contribution in [2.24, 2.45) is 0 Å². The van der Waals surface area contributed by atoms with Gasteiger partial charge in [-0.2, -0.15) is 0 Å². The van der Waals surface area contributed by atoms with Gasteiger partial charge in [0.05, 0.1) is 19.0 Å². The minimum absolute atomic E-state index is 0.131. The lowest BCUT2D eigenvalue weighted by molar-refractivity contribution is 0.401. The smallest absolute Gasteiger partial charge is 0.268 e. The quantitative estimate of drug-likeness (QED) is 0.703. The molecule has 2 heterocycles. The average Bonchev–Trinajstić information content (AvgIpc) is 3.28. The Kier molecular flexibility index (Phi) is 3.96. The fourth-order valence-corrected chi connectivity index (χ4v) is 5.24. The largest absolute Gasteiger partial charge is 0.495 e. The first kappa shape index (κ1) is 16.7. The minimum Gasteiger partial charge on any atom is -0.495 e. The highest BCUT2D eigenvalue weighted by molar-refractivity contribution is 7.93. The molecular weight excluding hydrogens is 352 g/mol. The summed E-state index contributed by atoms with van der Waals surface area (Å²) in [5, 5.41) is 3.68. The normalized spacial score (nSPS) is 16.5. The number of methoxy groups -OCH3 is 1. The molecule has 0 saturated carbocycles. The number of aromatic nitrogens is 1. The zero-order valence-corrected chi connectivity index (χ0v) is 15.2. The van der Waals surface area contributed by atoms with Crippen LogP contribution in [0.3, 0.4) is 0 Å². The second-order valence-corrected chi connectivity index (χ2v) is 8.01. The molecule has 0 N–H and O–H groups in total. The van der Waals surface area contributed by atoms with Crippen LogP contribution in [0.2, 0.25) is 0 Å². The first-order valence-electron chi connectivity index (χ1n) is 8.24. The van der Waals surface area contributed by atoms with Crippen molar-refractivity contribution in [2.75, 3.05) is 11.4 Å². The number of fused-ring (bicyclic) bond motifs is 1. The number of para-hydroxylation sites is 1. The second kappa shape index (κ2) is 6.17. The van der Waals surface area contributed by atoms with Crippen molar-refractivity contribution in [2.45, 2.75) is 24.3 Å². The van der Waals surface area contributed by atoms with E-state index in [1.807, 2.05) is 31.2 Å². The van der Waals surface area contributed by atoms with E-state index in [-0.39, 0.29) is 16.7 Å². The molecule has 7 heteroatoms. The molecule has 3 aromatic rings. The van der Waals surface area contributed by atoms with Gasteiger partial charge in [-0.3, -0.25) is 4.31 Å². The van der Waals surface area contributed by atoms with E-state index in [1.54, 1.807) is 24.3 Å². The molecule has 0 bridgehead atoms. The van der Waals surface area contributed by atoms with Crippen LogP contribution < -0.4 is 9.04 Å². The van der Waals surface area contributed by atoms with Crippen LogP contribution in [0.15, 0.2) is 64.1 Å². The molecular formula is C19H18N2O4S. The van der Waals surface area contributed by atoms with Gasteiger partial charge in [-0.25, -0.2) is 8.42 Å². The third kappa shape index (κ3) is 2.55. The summed E-state index contributed by atoms with van der Waals surface area (Å²) in [7, 11) is -2.31. The van der Waals surface area contributed by atoms with Gasteiger partial charge in [0.15, 0.2) is 5.76 Å². The number of sulfonamides is 1. The van der Waals surface area contributed by atoms with Gasteiger partial charge in [-0.1, -0.05) is 23.4 Å². The number of ether oxygens (including phenoxy) is 1. The van der Waals surface area contributed by atoms with E-state index in [9.17, 15) is 8.42 Å². The number of benzene rings is 2. The lowest BCUT2D eigenvalue weighted by atomic mass is 10.1. The summed E-state index contributed by atoms with van der Waals surface area (Å²) in [5.74, 6) is 0.822. The van der Waals surface area contributed by atoms with E-state index in [4.69, 9.17) is 9.26 Å². The summed E-state index contributed by atoms with van der Waals surface area (Å²) < 4.78 is 38.8. The van der Waals surface area contributed by atoms with Gasteiger partial charge in [0.25, 0.3) is 10.0 Å². The zero-order chi connectivity index (χ0) is 18.3. The minimum atomic E-state index is -3.77. The van der Waals surface area contributed by atoms with Crippen LogP contribution in [-0.4, -0.2) is 26.7 Å². The SMILES string of the molecule is COc1cc(-c2ccno2)ccc1S(=O)(=O)N1c2ccccc2CC1C. The van der Waals surface area contributed by atoms with E-state index in [0.717, 1.165) is 11.3 Å². The van der Waals surface area contributed by atoms with Gasteiger partial charge in [-0.05, 0) is 43.2 Å². The van der Waals surface area contributed by atoms with Crippen LogP contribution in [0, 0.1) is 0 Å². The van der Waals surface area contributed by atoms with E-state index in [1.165, 1.54) is 17.6 Å². The lowest BCUT2D eigenvalue weighted by Crippen LogP contribution is -2.35. The Labute approximate surface area is 152 Å². The van der Waals surface area contributed by atoms with E-state index in [0.29, 0.717) is 17.7 Å². The predicted octanol–water partition coefficient (Wildman–Crippen LogP) is 3.49. The molecule has 0 saturated heterocycles. The Morgan fingerprint density at radius 1 is 1.19 bits per heavy atom. The van der Waals surface area contributed by atoms with Gasteiger partial charge in [0, 0.05) is 17.7 Å². The molecule has 4 rings (SSSR count). The van der Waals surface area contributed by atoms with Crippen LogP contribution in [0.5, 0.6) is 5.75 Å². The maximum absolute atomic E-state index is 13.4. The summed E-state index contributed by atoms with van der Waals surface area (Å²) in [6, 6.07) is 14.0. The number of hydrogen-bond donors (Lipinski definition) is 0. The van der Waals surface area contributed by atoms with Gasteiger partial charge in [0.1, 0.15) is 10.6 Å². The predicted molar refractivity (Wildman–Crippen MR) is 97.8 cm³/mol. The van der Waals surface area contributed by atoms with Crippen LogP contribution in [-0.2, 0) is 16.4 Å². The zero-order valence-electron chi connectivity index (χ0n) is 14.4. The second-order valence-electron chi connectivity index (χ2n) is 6.23. The third-order valence-corrected chi connectivity index (χ3v) is 6.54. The van der Waals surface area contributed by atoms with Crippen molar-refractivity contribution in [3.8, 4) is 17.1 Å². The van der Waals surface area contributed by atoms with Gasteiger partial charge >= 0.3 is 0 Å². The average molecular weight is 370 g/mol. The van der Waals surface area contributed by atoms with Crippen LogP contribution >= 0.6 is 0 Å². The molecule has 1 aliphatic rings. The Morgan fingerprint density at radius 3 is 2.73 bits per heavy atom. The van der Waals surface area contributed by atoms with Crippen molar-refractivity contribution >= 4 is 15.7 Å². The summed E-state index contributed by atoms with van der Waals surface area (Å²) in [5.41, 5.74) is 2.45. The topological polar surface area (TPSA) is 72.6 Å². The van der Waals surface area contributed by atoms with E-state index in [2.05, 4.69) is 5.16 Å². The Balaban J connectivity index is 1.82. The van der Waals surface area contributed by atoms with E-state index >= 15 is 0 Å². The lowest BCUT2D eigenvalue weighted by Gasteiger charge is -2.25. The van der Waals surface area contributed by atoms with Crippen molar-refractivity contribution < 1.29 is 17.7 Å². The first-order valence-corrected chi connectivity index (χ1v) is 9.68. The van der Waals surface area contributed by atoms with Crippen LogP contribution in [0.25, 0.3) is 11.3 Å². The highest BCUT2D eigenvalue weighted by Crippen LogP contribution is 2.39. The molecule has 1 unspecified atom stereocenters. The number of hydrogen-bond acceptors (Lipinski definition) is 5. The molecule has 26 heavy (non-hydrogen) atoms. The van der Waals surface area contributed by atoms with Crippen molar-refractivity contribution in [3.63, 3.8) is 0 Å². The molecule has 0 spiro atoms. The summed E-state index contributed by atoms with van der Waals surface area (Å²) in [6.07, 6.45) is 2.23. The van der Waals surface area contributed by atoms with Crippen molar-refractivity contribution in [1.29, 1.82) is 0 Å². The molecule has 6 nitrogen and oxygen atoms in total. The van der Waals surface area contributed by atoms with Gasteiger partial charge in [-0.15, -0.1) is 0 Å². The first-order chi connectivity index (χ1) is 12.5. The molecule has 2 aromatic carbocycles. The summed E-state index contributed by atoms with van der Waals surface area (Å²) in [4.78, 5) is 0.131. The van der Waals surface area contributed by atoms with Crippen molar-refractivity contribution in [3.05, 3.63) is 60.3 Å². The van der Waals surface area contributed by atoms with Gasteiger partial charge < -0.3 is 9.26 Å². The number of nitrogens with zero attached hydrogens (tertiary/aromatic N) is 2. The summed E-state index contributed by atoms with van der Waals surface area (Å²) in [6.45, 7) is 1.91. The Morgan fingerprint density at radius 2 is 2.00 bits per heavy atom. The van der Waals surface area contributed by atoms with Gasteiger partial charge in [0.2, 0.25) is 0 Å². The molecule has 0 amide bonds. The molecule has 0 radical (unpaired) electrons. The summed E-state index contributed by atoms with van der Waals surface area (Å²) >= 11 is 0. The Bertz CT molecular complexity index is 1050. The maximum atomic E-state index is 13.4. The molecule has 134 valence electrons. The van der Waals surface area contributed by atoms with E-state index < -0.39 is 10.0 Å². The molecule has 0 aliphatic carbocycles. The molecule has 1 aromatic heterocycles. The third-order valence-electron chi connectivity index (χ3n) is 4.57. The van der Waals surface area contributed by atoms with Crippen LogP contribution in [0.4, 0.5) is 5.69 Å². The van der Waals surface area contributed by atoms with Crippen LogP contribution in [0.1, 0.15) is 12.5 Å². The number of anilines is 1. The standard InChI is InChI=1S/C19H18N2O4S/c1-13-11-14-5-3-4-6-16(14)21(13)26(22,23)19-8-7-15(12-18(19)24-2)17-9-10-20-25-17/h3-10,12-13H,11H2,1-2H3. The number of rotatable bonds is 4. The van der Waals surface area contributed by atoms with Crippen molar-refractivity contribution in [1.82, 2.24) is 5.16 Å². The maximum Gasteiger partial charge on any atom is 0.268 e. The molecule has 1 atom stereocenters. The fraction of sp³-hybridized carbons (Fsp3) is 0.211. The monoisotopic (exact) mass is 370 g/mol.